The largest absolute Gasteiger partial charge is 0.392 e. The molecule has 1 aromatic rings. The lowest BCUT2D eigenvalue weighted by Crippen LogP contribution is -2.27. The molecule has 2 heteroatoms. The second-order valence-corrected chi connectivity index (χ2v) is 5.32. The molecule has 0 bridgehead atoms. The predicted molar refractivity (Wildman–Crippen MR) is 73.1 cm³/mol. The van der Waals surface area contributed by atoms with Crippen LogP contribution >= 0.6 is 0 Å². The molecular weight excluding hydrogens is 210 g/mol. The molecule has 1 aromatic carbocycles. The minimum Gasteiger partial charge on any atom is -0.392 e. The van der Waals surface area contributed by atoms with Crippen LogP contribution in [0.15, 0.2) is 24.3 Å². The number of hydrogen-bond acceptors (Lipinski definition) is 2. The lowest BCUT2D eigenvalue weighted by Gasteiger charge is -2.16. The van der Waals surface area contributed by atoms with Crippen LogP contribution in [0.4, 0.5) is 0 Å². The minimum atomic E-state index is -0.294. The molecule has 0 aliphatic heterocycles. The van der Waals surface area contributed by atoms with E-state index in [1.54, 1.807) is 6.92 Å². The SMILES string of the molecule is CC(C)Cc1ccc(C(C)NC[C@H](C)O)cc1. The zero-order chi connectivity index (χ0) is 12.8. The Kier molecular flexibility index (Phi) is 5.66. The molecule has 0 spiro atoms. The molecule has 1 unspecified atom stereocenters. The number of aliphatic hydroxyl groups excluding tert-OH is 1. The van der Waals surface area contributed by atoms with Crippen LogP contribution in [0.2, 0.25) is 0 Å². The fourth-order valence-corrected chi connectivity index (χ4v) is 1.88. The van der Waals surface area contributed by atoms with Gasteiger partial charge in [0.25, 0.3) is 0 Å². The topological polar surface area (TPSA) is 32.3 Å². The highest BCUT2D eigenvalue weighted by molar-refractivity contribution is 5.25. The summed E-state index contributed by atoms with van der Waals surface area (Å²) in [6.07, 6.45) is 0.841. The van der Waals surface area contributed by atoms with Crippen molar-refractivity contribution in [2.75, 3.05) is 6.54 Å². The Bertz CT molecular complexity index is 316. The van der Waals surface area contributed by atoms with E-state index in [-0.39, 0.29) is 12.1 Å². The van der Waals surface area contributed by atoms with Crippen LogP contribution < -0.4 is 5.32 Å². The van der Waals surface area contributed by atoms with Crippen molar-refractivity contribution in [3.63, 3.8) is 0 Å². The van der Waals surface area contributed by atoms with Crippen molar-refractivity contribution in [1.82, 2.24) is 5.32 Å². The maximum absolute atomic E-state index is 9.23. The first-order valence-corrected chi connectivity index (χ1v) is 6.49. The number of rotatable bonds is 6. The second-order valence-electron chi connectivity index (χ2n) is 5.32. The molecule has 0 saturated heterocycles. The first-order valence-electron chi connectivity index (χ1n) is 6.49. The number of aliphatic hydroxyl groups is 1. The Labute approximate surface area is 105 Å². The van der Waals surface area contributed by atoms with Crippen LogP contribution in [0.25, 0.3) is 0 Å². The van der Waals surface area contributed by atoms with Gasteiger partial charge in [0.1, 0.15) is 0 Å². The Hall–Kier alpha value is -0.860. The highest BCUT2D eigenvalue weighted by atomic mass is 16.3. The van der Waals surface area contributed by atoms with E-state index in [1.165, 1.54) is 11.1 Å². The Morgan fingerprint density at radius 1 is 1.06 bits per heavy atom. The predicted octanol–water partition coefficient (Wildman–Crippen LogP) is 2.92. The van der Waals surface area contributed by atoms with Gasteiger partial charge in [-0.3, -0.25) is 0 Å². The monoisotopic (exact) mass is 235 g/mol. The van der Waals surface area contributed by atoms with Gasteiger partial charge in [-0.1, -0.05) is 38.1 Å². The standard InChI is InChI=1S/C15H25NO/c1-11(2)9-14-5-7-15(8-6-14)13(4)16-10-12(3)17/h5-8,11-13,16-17H,9-10H2,1-4H3/t12-,13?/m0/s1. The summed E-state index contributed by atoms with van der Waals surface area (Å²) in [6.45, 7) is 9.03. The van der Waals surface area contributed by atoms with Gasteiger partial charge in [0, 0.05) is 12.6 Å². The fraction of sp³-hybridized carbons (Fsp3) is 0.600. The van der Waals surface area contributed by atoms with E-state index in [2.05, 4.69) is 50.4 Å². The highest BCUT2D eigenvalue weighted by Gasteiger charge is 2.06. The summed E-state index contributed by atoms with van der Waals surface area (Å²) in [5, 5.41) is 12.5. The summed E-state index contributed by atoms with van der Waals surface area (Å²) < 4.78 is 0. The molecule has 96 valence electrons. The first-order chi connectivity index (χ1) is 7.99. The molecule has 0 aliphatic carbocycles. The zero-order valence-electron chi connectivity index (χ0n) is 11.4. The summed E-state index contributed by atoms with van der Waals surface area (Å²) in [5.74, 6) is 0.701. The number of hydrogen-bond donors (Lipinski definition) is 2. The van der Waals surface area contributed by atoms with E-state index in [1.807, 2.05) is 0 Å². The molecule has 2 N–H and O–H groups in total. The fourth-order valence-electron chi connectivity index (χ4n) is 1.88. The second kappa shape index (κ2) is 6.77. The first kappa shape index (κ1) is 14.2. The third-order valence-electron chi connectivity index (χ3n) is 2.84. The molecule has 17 heavy (non-hydrogen) atoms. The maximum Gasteiger partial charge on any atom is 0.0636 e. The summed E-state index contributed by atoms with van der Waals surface area (Å²) >= 11 is 0. The van der Waals surface area contributed by atoms with Crippen molar-refractivity contribution in [2.45, 2.75) is 46.3 Å². The average Bonchev–Trinajstić information content (AvgIpc) is 2.26. The van der Waals surface area contributed by atoms with Crippen molar-refractivity contribution < 1.29 is 5.11 Å². The van der Waals surface area contributed by atoms with Crippen LogP contribution in [0.1, 0.15) is 44.9 Å². The normalized spacial score (nSPS) is 14.9. The van der Waals surface area contributed by atoms with Crippen LogP contribution in [0.3, 0.4) is 0 Å². The molecule has 0 fully saturated rings. The van der Waals surface area contributed by atoms with Crippen molar-refractivity contribution >= 4 is 0 Å². The molecular formula is C15H25NO. The third kappa shape index (κ3) is 5.33. The van der Waals surface area contributed by atoms with E-state index < -0.39 is 0 Å². The van der Waals surface area contributed by atoms with Gasteiger partial charge in [0.05, 0.1) is 6.10 Å². The molecule has 0 aliphatic rings. The molecule has 0 heterocycles. The van der Waals surface area contributed by atoms with Gasteiger partial charge in [-0.15, -0.1) is 0 Å². The molecule has 0 saturated carbocycles. The quantitative estimate of drug-likeness (QED) is 0.794. The van der Waals surface area contributed by atoms with E-state index in [0.717, 1.165) is 6.42 Å². The molecule has 2 atom stereocenters. The average molecular weight is 235 g/mol. The van der Waals surface area contributed by atoms with E-state index >= 15 is 0 Å². The highest BCUT2D eigenvalue weighted by Crippen LogP contribution is 2.15. The van der Waals surface area contributed by atoms with E-state index in [9.17, 15) is 5.11 Å². The molecule has 2 nitrogen and oxygen atoms in total. The van der Waals surface area contributed by atoms with Crippen molar-refractivity contribution in [3.05, 3.63) is 35.4 Å². The summed E-state index contributed by atoms with van der Waals surface area (Å²) in [7, 11) is 0. The van der Waals surface area contributed by atoms with Gasteiger partial charge >= 0.3 is 0 Å². The van der Waals surface area contributed by atoms with E-state index in [0.29, 0.717) is 12.5 Å². The smallest absolute Gasteiger partial charge is 0.0636 e. The van der Waals surface area contributed by atoms with Gasteiger partial charge in [0.15, 0.2) is 0 Å². The molecule has 1 rings (SSSR count). The third-order valence-corrected chi connectivity index (χ3v) is 2.84. The lowest BCUT2D eigenvalue weighted by atomic mass is 10.00. The molecule has 0 radical (unpaired) electrons. The summed E-state index contributed by atoms with van der Waals surface area (Å²) in [5.41, 5.74) is 2.67. The van der Waals surface area contributed by atoms with Crippen LogP contribution in [0, 0.1) is 5.92 Å². The van der Waals surface area contributed by atoms with Crippen molar-refractivity contribution in [2.24, 2.45) is 5.92 Å². The Balaban J connectivity index is 2.54. The minimum absolute atomic E-state index is 0.290. The van der Waals surface area contributed by atoms with Gasteiger partial charge < -0.3 is 10.4 Å². The zero-order valence-corrected chi connectivity index (χ0v) is 11.4. The summed E-state index contributed by atoms with van der Waals surface area (Å²) in [4.78, 5) is 0. The molecule has 0 amide bonds. The van der Waals surface area contributed by atoms with Gasteiger partial charge in [-0.25, -0.2) is 0 Å². The Morgan fingerprint density at radius 3 is 2.12 bits per heavy atom. The number of nitrogens with one attached hydrogen (secondary N) is 1. The maximum atomic E-state index is 9.23. The lowest BCUT2D eigenvalue weighted by molar-refractivity contribution is 0.187. The van der Waals surface area contributed by atoms with Crippen LogP contribution in [-0.2, 0) is 6.42 Å². The van der Waals surface area contributed by atoms with Gasteiger partial charge in [-0.05, 0) is 37.3 Å². The Morgan fingerprint density at radius 2 is 1.65 bits per heavy atom. The van der Waals surface area contributed by atoms with Crippen molar-refractivity contribution in [3.8, 4) is 0 Å². The van der Waals surface area contributed by atoms with Crippen LogP contribution in [-0.4, -0.2) is 17.8 Å². The van der Waals surface area contributed by atoms with Gasteiger partial charge in [-0.2, -0.15) is 0 Å². The summed E-state index contributed by atoms with van der Waals surface area (Å²) in [6, 6.07) is 9.05. The number of benzene rings is 1. The van der Waals surface area contributed by atoms with E-state index in [4.69, 9.17) is 0 Å². The van der Waals surface area contributed by atoms with Gasteiger partial charge in [0.2, 0.25) is 0 Å². The van der Waals surface area contributed by atoms with Crippen LogP contribution in [0.5, 0.6) is 0 Å². The molecule has 0 aromatic heterocycles. The van der Waals surface area contributed by atoms with Crippen molar-refractivity contribution in [1.29, 1.82) is 0 Å².